The number of anilines is 1. The zero-order valence-corrected chi connectivity index (χ0v) is 18.0. The molecule has 2 aliphatic rings. The van der Waals surface area contributed by atoms with Crippen molar-refractivity contribution < 1.29 is 9.59 Å². The number of carbonyl (C=O) groups is 2. The van der Waals surface area contributed by atoms with E-state index in [1.807, 2.05) is 30.3 Å². The molecule has 2 aromatic carbocycles. The maximum absolute atomic E-state index is 12.0. The number of aromatic nitrogens is 2. The van der Waals surface area contributed by atoms with Crippen LogP contribution >= 0.6 is 12.4 Å². The van der Waals surface area contributed by atoms with Gasteiger partial charge in [-0.2, -0.15) is 0 Å². The minimum Gasteiger partial charge on any atom is -0.367 e. The summed E-state index contributed by atoms with van der Waals surface area (Å²) in [5.41, 5.74) is 3.97. The minimum atomic E-state index is -0.0871. The molecule has 0 bridgehead atoms. The van der Waals surface area contributed by atoms with Crippen LogP contribution in [0.2, 0.25) is 0 Å². The molecule has 3 aromatic rings. The lowest BCUT2D eigenvalue weighted by Crippen LogP contribution is -2.28. The van der Waals surface area contributed by atoms with Crippen molar-refractivity contribution in [2.24, 2.45) is 0 Å². The molecule has 1 aliphatic heterocycles. The number of imide groups is 1. The van der Waals surface area contributed by atoms with E-state index in [1.54, 1.807) is 6.33 Å². The zero-order chi connectivity index (χ0) is 20.5. The van der Waals surface area contributed by atoms with Crippen LogP contribution in [-0.4, -0.2) is 32.7 Å². The molecule has 7 heteroatoms. The van der Waals surface area contributed by atoms with Gasteiger partial charge in [0.1, 0.15) is 12.1 Å². The molecule has 0 unspecified atom stereocenters. The standard InChI is InChI=1S/C24H24N4O2.ClH/c29-22-10-11-23(30)28(22)14-16-4-3-5-17(12-16)18-8-9-21-20(13-18)24(26-15-25-21)27-19-6-1-2-7-19;/h3-5,8-9,12-13,15,19H,1-2,6-7,10-11,14H2,(H,25,26,27);1H. The van der Waals surface area contributed by atoms with Gasteiger partial charge in [0.05, 0.1) is 12.1 Å². The smallest absolute Gasteiger partial charge is 0.229 e. The van der Waals surface area contributed by atoms with Crippen molar-refractivity contribution in [2.75, 3.05) is 5.32 Å². The lowest BCUT2D eigenvalue weighted by molar-refractivity contribution is -0.139. The summed E-state index contributed by atoms with van der Waals surface area (Å²) in [7, 11) is 0. The highest BCUT2D eigenvalue weighted by Crippen LogP contribution is 2.30. The maximum Gasteiger partial charge on any atom is 0.229 e. The van der Waals surface area contributed by atoms with E-state index in [-0.39, 0.29) is 24.2 Å². The molecule has 6 nitrogen and oxygen atoms in total. The highest BCUT2D eigenvalue weighted by atomic mass is 35.5. The van der Waals surface area contributed by atoms with Gasteiger partial charge >= 0.3 is 0 Å². The molecule has 0 spiro atoms. The van der Waals surface area contributed by atoms with Crippen LogP contribution in [-0.2, 0) is 16.1 Å². The molecule has 1 N–H and O–H groups in total. The Hall–Kier alpha value is -2.99. The van der Waals surface area contributed by atoms with E-state index in [9.17, 15) is 9.59 Å². The minimum absolute atomic E-state index is 0. The predicted molar refractivity (Wildman–Crippen MR) is 123 cm³/mol. The Balaban J connectivity index is 0.00000231. The number of benzene rings is 2. The highest BCUT2D eigenvalue weighted by molar-refractivity contribution is 6.01. The Kier molecular flexibility index (Phi) is 6.18. The molecule has 0 radical (unpaired) electrons. The van der Waals surface area contributed by atoms with Gasteiger partial charge in [-0.25, -0.2) is 9.97 Å². The molecule has 2 amide bonds. The van der Waals surface area contributed by atoms with Gasteiger partial charge in [0, 0.05) is 24.3 Å². The van der Waals surface area contributed by atoms with Crippen LogP contribution in [0.15, 0.2) is 48.8 Å². The summed E-state index contributed by atoms with van der Waals surface area (Å²) in [5, 5.41) is 4.61. The van der Waals surface area contributed by atoms with Crippen molar-refractivity contribution >= 4 is 40.9 Å². The zero-order valence-electron chi connectivity index (χ0n) is 17.2. The number of amides is 2. The molecule has 2 heterocycles. The van der Waals surface area contributed by atoms with E-state index in [0.717, 1.165) is 33.4 Å². The fourth-order valence-corrected chi connectivity index (χ4v) is 4.45. The van der Waals surface area contributed by atoms with Crippen LogP contribution < -0.4 is 5.32 Å². The number of likely N-dealkylation sites (tertiary alicyclic amines) is 1. The number of halogens is 1. The van der Waals surface area contributed by atoms with Crippen molar-refractivity contribution in [3.05, 3.63) is 54.4 Å². The number of fused-ring (bicyclic) bond motifs is 1. The third-order valence-corrected chi connectivity index (χ3v) is 6.09. The van der Waals surface area contributed by atoms with Gasteiger partial charge < -0.3 is 5.32 Å². The quantitative estimate of drug-likeness (QED) is 0.585. The van der Waals surface area contributed by atoms with Crippen molar-refractivity contribution in [3.8, 4) is 11.1 Å². The summed E-state index contributed by atoms with van der Waals surface area (Å²) in [6, 6.07) is 14.7. The Morgan fingerprint density at radius 3 is 2.45 bits per heavy atom. The van der Waals surface area contributed by atoms with Gasteiger partial charge in [0.2, 0.25) is 11.8 Å². The normalized spacial score (nSPS) is 16.7. The Morgan fingerprint density at radius 1 is 0.935 bits per heavy atom. The van der Waals surface area contributed by atoms with Crippen molar-refractivity contribution in [1.82, 2.24) is 14.9 Å². The third kappa shape index (κ3) is 4.39. The molecular formula is C24H25ClN4O2. The van der Waals surface area contributed by atoms with E-state index in [2.05, 4.69) is 27.4 Å². The molecule has 1 saturated carbocycles. The second-order valence-corrected chi connectivity index (χ2v) is 8.15. The summed E-state index contributed by atoms with van der Waals surface area (Å²) in [6.45, 7) is 0.330. The van der Waals surface area contributed by atoms with E-state index in [1.165, 1.54) is 30.6 Å². The van der Waals surface area contributed by atoms with Crippen molar-refractivity contribution in [3.63, 3.8) is 0 Å². The Labute approximate surface area is 187 Å². The second-order valence-electron chi connectivity index (χ2n) is 8.15. The number of hydrogen-bond donors (Lipinski definition) is 1. The fourth-order valence-electron chi connectivity index (χ4n) is 4.45. The molecular weight excluding hydrogens is 412 g/mol. The number of nitrogens with zero attached hydrogens (tertiary/aromatic N) is 3. The van der Waals surface area contributed by atoms with Crippen LogP contribution in [0.1, 0.15) is 44.1 Å². The van der Waals surface area contributed by atoms with Gasteiger partial charge in [-0.15, -0.1) is 12.4 Å². The van der Waals surface area contributed by atoms with Crippen LogP contribution in [0.4, 0.5) is 5.82 Å². The first kappa shape index (κ1) is 21.2. The monoisotopic (exact) mass is 436 g/mol. The van der Waals surface area contributed by atoms with Crippen molar-refractivity contribution in [1.29, 1.82) is 0 Å². The molecule has 1 saturated heterocycles. The Bertz CT molecular complexity index is 1110. The van der Waals surface area contributed by atoms with Crippen molar-refractivity contribution in [2.45, 2.75) is 51.1 Å². The second kappa shape index (κ2) is 9.02. The van der Waals surface area contributed by atoms with E-state index in [0.29, 0.717) is 25.4 Å². The fraction of sp³-hybridized carbons (Fsp3) is 0.333. The number of rotatable bonds is 5. The lowest BCUT2D eigenvalue weighted by Gasteiger charge is -2.16. The summed E-state index contributed by atoms with van der Waals surface area (Å²) < 4.78 is 0. The van der Waals surface area contributed by atoms with Crippen LogP contribution in [0.3, 0.4) is 0 Å². The van der Waals surface area contributed by atoms with Crippen LogP contribution in [0.25, 0.3) is 22.0 Å². The first-order valence-electron chi connectivity index (χ1n) is 10.6. The molecule has 2 fully saturated rings. The predicted octanol–water partition coefficient (Wildman–Crippen LogP) is 4.72. The van der Waals surface area contributed by atoms with E-state index >= 15 is 0 Å². The average molecular weight is 437 g/mol. The Morgan fingerprint density at radius 2 is 1.68 bits per heavy atom. The first-order valence-corrected chi connectivity index (χ1v) is 10.6. The van der Waals surface area contributed by atoms with Gasteiger partial charge in [-0.3, -0.25) is 14.5 Å². The largest absolute Gasteiger partial charge is 0.367 e. The lowest BCUT2D eigenvalue weighted by atomic mass is 10.0. The number of nitrogens with one attached hydrogen (secondary N) is 1. The summed E-state index contributed by atoms with van der Waals surface area (Å²) in [6.07, 6.45) is 7.15. The van der Waals surface area contributed by atoms with Crippen LogP contribution in [0.5, 0.6) is 0 Å². The molecule has 1 aliphatic carbocycles. The molecule has 31 heavy (non-hydrogen) atoms. The topological polar surface area (TPSA) is 75.2 Å². The molecule has 1 aromatic heterocycles. The number of carbonyl (C=O) groups excluding carboxylic acids is 2. The SMILES string of the molecule is Cl.O=C1CCC(=O)N1Cc1cccc(-c2ccc3ncnc(NC4CCCC4)c3c2)c1. The highest BCUT2D eigenvalue weighted by Gasteiger charge is 2.28. The summed E-state index contributed by atoms with van der Waals surface area (Å²) in [4.78, 5) is 34.2. The molecule has 0 atom stereocenters. The third-order valence-electron chi connectivity index (χ3n) is 6.09. The summed E-state index contributed by atoms with van der Waals surface area (Å²) >= 11 is 0. The average Bonchev–Trinajstić information content (AvgIpc) is 3.39. The van der Waals surface area contributed by atoms with Gasteiger partial charge in [0.25, 0.3) is 0 Å². The van der Waals surface area contributed by atoms with E-state index in [4.69, 9.17) is 0 Å². The van der Waals surface area contributed by atoms with Gasteiger partial charge in [-0.1, -0.05) is 37.1 Å². The van der Waals surface area contributed by atoms with Crippen LogP contribution in [0, 0.1) is 0 Å². The maximum atomic E-state index is 12.0. The van der Waals surface area contributed by atoms with Gasteiger partial charge in [-0.05, 0) is 47.7 Å². The summed E-state index contributed by atoms with van der Waals surface area (Å²) in [5.74, 6) is 0.713. The molecule has 160 valence electrons. The first-order chi connectivity index (χ1) is 14.7. The van der Waals surface area contributed by atoms with Gasteiger partial charge in [0.15, 0.2) is 0 Å². The number of hydrogen-bond acceptors (Lipinski definition) is 5. The van der Waals surface area contributed by atoms with E-state index < -0.39 is 0 Å². The molecule has 5 rings (SSSR count).